The van der Waals surface area contributed by atoms with Crippen molar-refractivity contribution in [2.75, 3.05) is 6.26 Å². The van der Waals surface area contributed by atoms with Crippen molar-refractivity contribution in [2.24, 2.45) is 0 Å². The molecule has 2 aromatic rings. The lowest BCUT2D eigenvalue weighted by molar-refractivity contribution is 0.0659. The number of hydrogen-bond acceptors (Lipinski definition) is 4. The van der Waals surface area contributed by atoms with Gasteiger partial charge in [0.2, 0.25) is 5.76 Å². The number of rotatable bonds is 2. The van der Waals surface area contributed by atoms with Gasteiger partial charge in [-0.3, -0.25) is 0 Å². The molecule has 0 spiro atoms. The van der Waals surface area contributed by atoms with E-state index in [1.807, 2.05) is 0 Å². The van der Waals surface area contributed by atoms with Crippen LogP contribution in [-0.4, -0.2) is 25.7 Å². The molecule has 17 heavy (non-hydrogen) atoms. The van der Waals surface area contributed by atoms with Crippen LogP contribution in [0.3, 0.4) is 0 Å². The van der Waals surface area contributed by atoms with Crippen molar-refractivity contribution in [3.8, 4) is 0 Å². The average molecular weight is 254 g/mol. The van der Waals surface area contributed by atoms with E-state index >= 15 is 0 Å². The van der Waals surface area contributed by atoms with E-state index in [0.717, 1.165) is 6.26 Å². The molecule has 90 valence electrons. The quantitative estimate of drug-likeness (QED) is 0.883. The molecule has 0 saturated carbocycles. The van der Waals surface area contributed by atoms with Gasteiger partial charge < -0.3 is 9.52 Å². The second kappa shape index (κ2) is 3.59. The Balaban J connectivity index is 3.02. The first kappa shape index (κ1) is 11.7. The number of benzene rings is 1. The summed E-state index contributed by atoms with van der Waals surface area (Å²) in [7, 11) is -3.65. The highest BCUT2D eigenvalue weighted by Gasteiger charge is 2.27. The minimum Gasteiger partial charge on any atom is -0.475 e. The molecule has 5 nitrogen and oxygen atoms in total. The number of sulfone groups is 1. The molecule has 0 aliphatic rings. The molecule has 0 aliphatic heterocycles. The SMILES string of the molecule is Cc1cccc2c(S(C)(=O)=O)c(C(=O)O)oc12. The second-order valence-corrected chi connectivity index (χ2v) is 5.74. The zero-order valence-electron chi connectivity index (χ0n) is 9.22. The van der Waals surface area contributed by atoms with Gasteiger partial charge in [-0.1, -0.05) is 12.1 Å². The number of para-hydroxylation sites is 1. The van der Waals surface area contributed by atoms with Crippen molar-refractivity contribution in [3.05, 3.63) is 29.5 Å². The summed E-state index contributed by atoms with van der Waals surface area (Å²) in [6, 6.07) is 4.92. The summed E-state index contributed by atoms with van der Waals surface area (Å²) >= 11 is 0. The first-order valence-electron chi connectivity index (χ1n) is 4.78. The lowest BCUT2D eigenvalue weighted by atomic mass is 10.2. The van der Waals surface area contributed by atoms with Gasteiger partial charge in [-0.05, 0) is 18.6 Å². The number of carboxylic acids is 1. The Kier molecular flexibility index (Phi) is 2.46. The molecule has 1 heterocycles. The van der Waals surface area contributed by atoms with Crippen LogP contribution in [0.15, 0.2) is 27.5 Å². The van der Waals surface area contributed by atoms with Gasteiger partial charge in [0.15, 0.2) is 9.84 Å². The number of aromatic carboxylic acids is 1. The molecule has 0 saturated heterocycles. The Hall–Kier alpha value is -1.82. The Bertz CT molecular complexity index is 709. The predicted octanol–water partition coefficient (Wildman–Crippen LogP) is 1.84. The largest absolute Gasteiger partial charge is 0.475 e. The molecule has 1 aromatic heterocycles. The maximum absolute atomic E-state index is 11.6. The van der Waals surface area contributed by atoms with Crippen LogP contribution >= 0.6 is 0 Å². The molecule has 0 amide bonds. The smallest absolute Gasteiger partial charge is 0.373 e. The Labute approximate surface area is 97.6 Å². The molecule has 0 aliphatic carbocycles. The summed E-state index contributed by atoms with van der Waals surface area (Å²) in [5, 5.41) is 9.27. The second-order valence-electron chi connectivity index (χ2n) is 3.79. The number of furan rings is 1. The molecule has 2 rings (SSSR count). The lowest BCUT2D eigenvalue weighted by Crippen LogP contribution is -2.04. The summed E-state index contributed by atoms with van der Waals surface area (Å²) < 4.78 is 28.4. The maximum atomic E-state index is 11.6. The van der Waals surface area contributed by atoms with Crippen LogP contribution in [0.2, 0.25) is 0 Å². The van der Waals surface area contributed by atoms with Gasteiger partial charge in [0, 0.05) is 11.6 Å². The molecule has 1 N–H and O–H groups in total. The highest BCUT2D eigenvalue weighted by atomic mass is 32.2. The van der Waals surface area contributed by atoms with Crippen LogP contribution in [0.1, 0.15) is 16.1 Å². The number of carboxylic acid groups (broad SMARTS) is 1. The normalized spacial score (nSPS) is 11.9. The van der Waals surface area contributed by atoms with E-state index in [1.54, 1.807) is 19.1 Å². The summed E-state index contributed by atoms with van der Waals surface area (Å²) in [6.07, 6.45) is 0.964. The minimum atomic E-state index is -3.65. The fourth-order valence-corrected chi connectivity index (χ4v) is 2.77. The van der Waals surface area contributed by atoms with E-state index in [-0.39, 0.29) is 4.90 Å². The minimum absolute atomic E-state index is 0.260. The maximum Gasteiger partial charge on any atom is 0.373 e. The zero-order chi connectivity index (χ0) is 12.8. The standard InChI is InChI=1S/C11H10O5S/c1-6-4-3-5-7-8(6)16-9(11(12)13)10(7)17(2,14)15/h3-5H,1-2H3,(H,12,13). The van der Waals surface area contributed by atoms with E-state index in [9.17, 15) is 13.2 Å². The van der Waals surface area contributed by atoms with E-state index < -0.39 is 21.6 Å². The van der Waals surface area contributed by atoms with E-state index in [2.05, 4.69) is 0 Å². The van der Waals surface area contributed by atoms with Crippen molar-refractivity contribution in [1.29, 1.82) is 0 Å². The molecular weight excluding hydrogens is 244 g/mol. The molecule has 0 bridgehead atoms. The van der Waals surface area contributed by atoms with Gasteiger partial charge in [-0.2, -0.15) is 0 Å². The third kappa shape index (κ3) is 1.80. The average Bonchev–Trinajstić information content (AvgIpc) is 2.57. The summed E-state index contributed by atoms with van der Waals surface area (Å²) in [5.74, 6) is -1.92. The summed E-state index contributed by atoms with van der Waals surface area (Å²) in [5.41, 5.74) is 0.991. The lowest BCUT2D eigenvalue weighted by Gasteiger charge is -1.96. The van der Waals surface area contributed by atoms with Crippen LogP contribution in [0, 0.1) is 6.92 Å². The molecule has 0 fully saturated rings. The third-order valence-electron chi connectivity index (χ3n) is 2.43. The van der Waals surface area contributed by atoms with Crippen LogP contribution < -0.4 is 0 Å². The fourth-order valence-electron chi connectivity index (χ4n) is 1.75. The molecule has 0 unspecified atom stereocenters. The molecule has 0 atom stereocenters. The summed E-state index contributed by atoms with van der Waals surface area (Å²) in [6.45, 7) is 1.73. The highest BCUT2D eigenvalue weighted by molar-refractivity contribution is 7.91. The van der Waals surface area contributed by atoms with Crippen molar-refractivity contribution < 1.29 is 22.7 Å². The third-order valence-corrected chi connectivity index (χ3v) is 3.58. The first-order chi connectivity index (χ1) is 7.82. The van der Waals surface area contributed by atoms with Gasteiger partial charge >= 0.3 is 5.97 Å². The monoisotopic (exact) mass is 254 g/mol. The van der Waals surface area contributed by atoms with Crippen molar-refractivity contribution >= 4 is 26.8 Å². The van der Waals surface area contributed by atoms with Gasteiger partial charge in [0.1, 0.15) is 10.5 Å². The van der Waals surface area contributed by atoms with Crippen LogP contribution in [0.25, 0.3) is 11.0 Å². The number of aryl methyl sites for hydroxylation is 1. The van der Waals surface area contributed by atoms with E-state index in [4.69, 9.17) is 9.52 Å². The highest BCUT2D eigenvalue weighted by Crippen LogP contribution is 2.31. The van der Waals surface area contributed by atoms with E-state index in [0.29, 0.717) is 16.5 Å². The Morgan fingerprint density at radius 1 is 1.35 bits per heavy atom. The van der Waals surface area contributed by atoms with Crippen LogP contribution in [0.4, 0.5) is 0 Å². The topological polar surface area (TPSA) is 84.6 Å². The summed E-state index contributed by atoms with van der Waals surface area (Å²) in [4.78, 5) is 10.7. The fraction of sp³-hybridized carbons (Fsp3) is 0.182. The predicted molar refractivity (Wildman–Crippen MR) is 61.0 cm³/mol. The molecule has 0 radical (unpaired) electrons. The number of carbonyl (C=O) groups is 1. The van der Waals surface area contributed by atoms with Crippen molar-refractivity contribution in [2.45, 2.75) is 11.8 Å². The van der Waals surface area contributed by atoms with E-state index in [1.165, 1.54) is 6.07 Å². The zero-order valence-corrected chi connectivity index (χ0v) is 10.0. The number of hydrogen-bond donors (Lipinski definition) is 1. The van der Waals surface area contributed by atoms with Gasteiger partial charge in [-0.25, -0.2) is 13.2 Å². The molecular formula is C11H10O5S. The molecule has 1 aromatic carbocycles. The van der Waals surface area contributed by atoms with Gasteiger partial charge in [-0.15, -0.1) is 0 Å². The Morgan fingerprint density at radius 3 is 2.53 bits per heavy atom. The number of fused-ring (bicyclic) bond motifs is 1. The van der Waals surface area contributed by atoms with Gasteiger partial charge in [0.25, 0.3) is 0 Å². The van der Waals surface area contributed by atoms with Crippen LogP contribution in [0.5, 0.6) is 0 Å². The van der Waals surface area contributed by atoms with Gasteiger partial charge in [0.05, 0.1) is 0 Å². The molecule has 6 heteroatoms. The van der Waals surface area contributed by atoms with Crippen molar-refractivity contribution in [3.63, 3.8) is 0 Å². The van der Waals surface area contributed by atoms with Crippen molar-refractivity contribution in [1.82, 2.24) is 0 Å². The Morgan fingerprint density at radius 2 is 2.00 bits per heavy atom. The first-order valence-corrected chi connectivity index (χ1v) is 6.67. The van der Waals surface area contributed by atoms with Crippen LogP contribution in [-0.2, 0) is 9.84 Å².